The van der Waals surface area contributed by atoms with Gasteiger partial charge in [0.25, 0.3) is 0 Å². The molecule has 3 aliphatic rings. The van der Waals surface area contributed by atoms with E-state index < -0.39 is 0 Å². The summed E-state index contributed by atoms with van der Waals surface area (Å²) >= 11 is 0. The van der Waals surface area contributed by atoms with E-state index in [1.54, 1.807) is 0 Å². The number of fused-ring (bicyclic) bond motifs is 2. The average Bonchev–Trinajstić information content (AvgIpc) is 2.91. The fourth-order valence-corrected chi connectivity index (χ4v) is 5.16. The molecular weight excluding hydrogens is 196 g/mol. The van der Waals surface area contributed by atoms with Crippen LogP contribution in [0.5, 0.6) is 0 Å². The van der Waals surface area contributed by atoms with Crippen LogP contribution in [0.2, 0.25) is 0 Å². The predicted octanol–water partition coefficient (Wildman–Crippen LogP) is 3.75. The minimum absolute atomic E-state index is 0.271. The Hall–Kier alpha value is -0.0400. The van der Waals surface area contributed by atoms with Crippen LogP contribution in [0.25, 0.3) is 0 Å². The molecule has 92 valence electrons. The molecule has 0 aromatic heterocycles. The van der Waals surface area contributed by atoms with E-state index in [-0.39, 0.29) is 5.60 Å². The first-order valence-electron chi connectivity index (χ1n) is 7.46. The van der Waals surface area contributed by atoms with Gasteiger partial charge in [0.1, 0.15) is 0 Å². The molecule has 16 heavy (non-hydrogen) atoms. The van der Waals surface area contributed by atoms with E-state index >= 15 is 0 Å². The largest absolute Gasteiger partial charge is 0.389 e. The van der Waals surface area contributed by atoms with E-state index in [0.717, 1.165) is 18.3 Å². The molecule has 0 aromatic rings. The molecule has 3 aliphatic carbocycles. The van der Waals surface area contributed by atoms with Gasteiger partial charge in [-0.05, 0) is 55.8 Å². The van der Waals surface area contributed by atoms with Crippen LogP contribution in [0.15, 0.2) is 0 Å². The lowest BCUT2D eigenvalue weighted by atomic mass is 9.63. The second-order valence-electron chi connectivity index (χ2n) is 6.62. The summed E-state index contributed by atoms with van der Waals surface area (Å²) in [7, 11) is 0. The van der Waals surface area contributed by atoms with Gasteiger partial charge < -0.3 is 5.11 Å². The van der Waals surface area contributed by atoms with E-state index in [0.29, 0.717) is 11.8 Å². The molecule has 1 N–H and O–H groups in total. The highest BCUT2D eigenvalue weighted by Gasteiger charge is 2.52. The Balaban J connectivity index is 1.80. The van der Waals surface area contributed by atoms with E-state index in [4.69, 9.17) is 0 Å². The molecule has 3 fully saturated rings. The van der Waals surface area contributed by atoms with Gasteiger partial charge >= 0.3 is 0 Å². The van der Waals surface area contributed by atoms with Gasteiger partial charge in [0.05, 0.1) is 5.60 Å². The Kier molecular flexibility index (Phi) is 2.78. The molecule has 0 aromatic carbocycles. The van der Waals surface area contributed by atoms with Crippen molar-refractivity contribution in [2.75, 3.05) is 0 Å². The molecule has 2 bridgehead atoms. The van der Waals surface area contributed by atoms with Crippen LogP contribution < -0.4 is 0 Å². The fraction of sp³-hybridized carbons (Fsp3) is 1.00. The summed E-state index contributed by atoms with van der Waals surface area (Å²) in [6.07, 6.45) is 11.8. The SMILES string of the molecule is CCC1CCCCC1(O)C1CC2CCC1C2. The summed E-state index contributed by atoms with van der Waals surface area (Å²) in [5, 5.41) is 11.2. The highest BCUT2D eigenvalue weighted by Crippen LogP contribution is 2.56. The van der Waals surface area contributed by atoms with Crippen molar-refractivity contribution in [3.8, 4) is 0 Å². The van der Waals surface area contributed by atoms with Crippen molar-refractivity contribution in [3.63, 3.8) is 0 Å². The molecule has 1 heteroatoms. The lowest BCUT2D eigenvalue weighted by molar-refractivity contribution is -0.111. The molecule has 5 unspecified atom stereocenters. The highest BCUT2D eigenvalue weighted by molar-refractivity contribution is 5.03. The van der Waals surface area contributed by atoms with Crippen LogP contribution in [0.4, 0.5) is 0 Å². The Morgan fingerprint density at radius 1 is 1.12 bits per heavy atom. The van der Waals surface area contributed by atoms with Crippen molar-refractivity contribution in [2.45, 2.75) is 70.3 Å². The van der Waals surface area contributed by atoms with Gasteiger partial charge in [-0.3, -0.25) is 0 Å². The van der Waals surface area contributed by atoms with Crippen LogP contribution in [0.1, 0.15) is 64.7 Å². The van der Waals surface area contributed by atoms with Crippen LogP contribution >= 0.6 is 0 Å². The second kappa shape index (κ2) is 4.01. The number of aliphatic hydroxyl groups is 1. The minimum atomic E-state index is -0.271. The minimum Gasteiger partial charge on any atom is -0.389 e. The molecule has 5 atom stereocenters. The maximum atomic E-state index is 11.2. The van der Waals surface area contributed by atoms with E-state index in [1.807, 2.05) is 0 Å². The quantitative estimate of drug-likeness (QED) is 0.754. The van der Waals surface area contributed by atoms with Crippen molar-refractivity contribution in [2.24, 2.45) is 23.7 Å². The molecule has 0 heterocycles. The number of hydrogen-bond acceptors (Lipinski definition) is 1. The summed E-state index contributed by atoms with van der Waals surface area (Å²) in [6.45, 7) is 2.27. The third-order valence-corrected chi connectivity index (χ3v) is 5.96. The van der Waals surface area contributed by atoms with E-state index in [2.05, 4.69) is 6.92 Å². The Bertz CT molecular complexity index is 262. The predicted molar refractivity (Wildman–Crippen MR) is 66.1 cm³/mol. The first-order valence-corrected chi connectivity index (χ1v) is 7.46. The molecule has 1 nitrogen and oxygen atoms in total. The van der Waals surface area contributed by atoms with E-state index in [1.165, 1.54) is 51.4 Å². The zero-order valence-electron chi connectivity index (χ0n) is 10.6. The van der Waals surface area contributed by atoms with Gasteiger partial charge in [0.2, 0.25) is 0 Å². The maximum Gasteiger partial charge on any atom is 0.0706 e. The van der Waals surface area contributed by atoms with E-state index in [9.17, 15) is 5.11 Å². The van der Waals surface area contributed by atoms with Gasteiger partial charge in [0.15, 0.2) is 0 Å². The molecule has 3 rings (SSSR count). The molecule has 0 amide bonds. The van der Waals surface area contributed by atoms with Crippen molar-refractivity contribution in [1.82, 2.24) is 0 Å². The van der Waals surface area contributed by atoms with Gasteiger partial charge in [0, 0.05) is 0 Å². The standard InChI is InChI=1S/C15H26O/c1-2-13-5-3-4-8-15(13,16)14-10-11-6-7-12(14)9-11/h11-14,16H,2-10H2,1H3. The maximum absolute atomic E-state index is 11.2. The molecule has 0 saturated heterocycles. The zero-order valence-corrected chi connectivity index (χ0v) is 10.6. The average molecular weight is 222 g/mol. The molecule has 0 aliphatic heterocycles. The molecule has 0 spiro atoms. The summed E-state index contributed by atoms with van der Waals surface area (Å²) < 4.78 is 0. The second-order valence-corrected chi connectivity index (χ2v) is 6.62. The molecular formula is C15H26O. The normalized spacial score (nSPS) is 52.1. The zero-order chi connectivity index (χ0) is 11.2. The summed E-state index contributed by atoms with van der Waals surface area (Å²) in [5.41, 5.74) is -0.271. The topological polar surface area (TPSA) is 20.2 Å². The summed E-state index contributed by atoms with van der Waals surface area (Å²) in [5.74, 6) is 3.11. The lowest BCUT2D eigenvalue weighted by Crippen LogP contribution is -2.48. The molecule has 3 saturated carbocycles. The summed E-state index contributed by atoms with van der Waals surface area (Å²) in [6, 6.07) is 0. The number of rotatable bonds is 2. The Labute approximate surface area is 99.6 Å². The van der Waals surface area contributed by atoms with Crippen molar-refractivity contribution in [1.29, 1.82) is 0 Å². The van der Waals surface area contributed by atoms with Crippen LogP contribution in [-0.4, -0.2) is 10.7 Å². The highest BCUT2D eigenvalue weighted by atomic mass is 16.3. The number of hydrogen-bond donors (Lipinski definition) is 1. The smallest absolute Gasteiger partial charge is 0.0706 e. The van der Waals surface area contributed by atoms with Crippen LogP contribution in [0, 0.1) is 23.7 Å². The monoisotopic (exact) mass is 222 g/mol. The Morgan fingerprint density at radius 2 is 2.00 bits per heavy atom. The van der Waals surface area contributed by atoms with Gasteiger partial charge in [-0.15, -0.1) is 0 Å². The van der Waals surface area contributed by atoms with Crippen LogP contribution in [-0.2, 0) is 0 Å². The first-order chi connectivity index (χ1) is 7.74. The third kappa shape index (κ3) is 1.54. The lowest BCUT2D eigenvalue weighted by Gasteiger charge is -2.47. The van der Waals surface area contributed by atoms with Crippen molar-refractivity contribution < 1.29 is 5.11 Å². The van der Waals surface area contributed by atoms with Gasteiger partial charge in [-0.1, -0.05) is 32.6 Å². The molecule has 0 radical (unpaired) electrons. The Morgan fingerprint density at radius 3 is 2.62 bits per heavy atom. The van der Waals surface area contributed by atoms with Crippen molar-refractivity contribution >= 4 is 0 Å². The fourth-order valence-electron chi connectivity index (χ4n) is 5.16. The van der Waals surface area contributed by atoms with Gasteiger partial charge in [-0.25, -0.2) is 0 Å². The summed E-state index contributed by atoms with van der Waals surface area (Å²) in [4.78, 5) is 0. The van der Waals surface area contributed by atoms with Gasteiger partial charge in [-0.2, -0.15) is 0 Å². The van der Waals surface area contributed by atoms with Crippen LogP contribution in [0.3, 0.4) is 0 Å². The third-order valence-electron chi connectivity index (χ3n) is 5.96. The van der Waals surface area contributed by atoms with Crippen molar-refractivity contribution in [3.05, 3.63) is 0 Å². The first kappa shape index (κ1) is 11.1.